The number of ether oxygens (including phenoxy) is 2. The summed E-state index contributed by atoms with van der Waals surface area (Å²) in [5.41, 5.74) is 1.23. The van der Waals surface area contributed by atoms with Gasteiger partial charge in [-0.3, -0.25) is 13.9 Å². The van der Waals surface area contributed by atoms with Gasteiger partial charge in [-0.1, -0.05) is 66.7 Å². The van der Waals surface area contributed by atoms with E-state index in [1.165, 1.54) is 24.1 Å². The number of methoxy groups -OCH3 is 2. The van der Waals surface area contributed by atoms with Crippen LogP contribution in [0.25, 0.3) is 0 Å². The molecule has 10 heteroatoms. The molecule has 4 aromatic carbocycles. The Hall–Kier alpha value is -4.83. The second-order valence-electron chi connectivity index (χ2n) is 11.8. The van der Waals surface area contributed by atoms with Gasteiger partial charge in [0, 0.05) is 24.6 Å². The first-order valence-electron chi connectivity index (χ1n) is 14.9. The molecule has 1 N–H and O–H groups in total. The van der Waals surface area contributed by atoms with Crippen molar-refractivity contribution in [2.24, 2.45) is 0 Å². The van der Waals surface area contributed by atoms with Crippen molar-refractivity contribution in [2.75, 3.05) is 25.1 Å². The quantitative estimate of drug-likeness (QED) is 0.208. The highest BCUT2D eigenvalue weighted by Crippen LogP contribution is 2.28. The lowest BCUT2D eigenvalue weighted by atomic mass is 10.0. The molecule has 0 aliphatic rings. The Morgan fingerprint density at radius 2 is 1.33 bits per heavy atom. The van der Waals surface area contributed by atoms with Crippen molar-refractivity contribution in [3.8, 4) is 11.5 Å². The van der Waals surface area contributed by atoms with Crippen molar-refractivity contribution in [2.45, 2.75) is 50.2 Å². The Morgan fingerprint density at radius 3 is 1.93 bits per heavy atom. The normalized spacial score (nSPS) is 12.1. The standard InChI is InChI=1S/C36H41N3O6S/c1-36(2,3)37-35(41)33(23-27-14-8-6-9-15-27)38(25-28-16-12-18-30(22-28)44-4)34(40)26-39(29-17-13-19-31(24-29)45-5)46(42,43)32-20-10-7-11-21-32/h6-22,24,33H,23,25-26H2,1-5H3,(H,37,41). The Morgan fingerprint density at radius 1 is 0.761 bits per heavy atom. The molecule has 9 nitrogen and oxygen atoms in total. The fraction of sp³-hybridized carbons (Fsp3) is 0.278. The van der Waals surface area contributed by atoms with E-state index in [1.54, 1.807) is 67.8 Å². The highest BCUT2D eigenvalue weighted by Gasteiger charge is 2.35. The highest BCUT2D eigenvalue weighted by atomic mass is 32.2. The number of carbonyl (C=O) groups excluding carboxylic acids is 2. The zero-order valence-corrected chi connectivity index (χ0v) is 27.7. The lowest BCUT2D eigenvalue weighted by Crippen LogP contribution is -2.56. The second kappa shape index (κ2) is 15.0. The molecule has 0 aromatic heterocycles. The van der Waals surface area contributed by atoms with E-state index in [1.807, 2.05) is 57.2 Å². The lowest BCUT2D eigenvalue weighted by Gasteiger charge is -2.35. The molecule has 0 fully saturated rings. The summed E-state index contributed by atoms with van der Waals surface area (Å²) < 4.78 is 40.1. The molecule has 0 saturated carbocycles. The van der Waals surface area contributed by atoms with Crippen molar-refractivity contribution in [1.29, 1.82) is 0 Å². The largest absolute Gasteiger partial charge is 0.497 e. The minimum atomic E-state index is -4.22. The zero-order chi connectivity index (χ0) is 33.3. The van der Waals surface area contributed by atoms with Crippen molar-refractivity contribution >= 4 is 27.5 Å². The summed E-state index contributed by atoms with van der Waals surface area (Å²) in [5.74, 6) is 0.104. The Balaban J connectivity index is 1.83. The first kappa shape index (κ1) is 34.1. The van der Waals surface area contributed by atoms with Gasteiger partial charge >= 0.3 is 0 Å². The topological polar surface area (TPSA) is 105 Å². The van der Waals surface area contributed by atoms with Gasteiger partial charge in [-0.05, 0) is 68.3 Å². The van der Waals surface area contributed by atoms with Gasteiger partial charge in [-0.15, -0.1) is 0 Å². The summed E-state index contributed by atoms with van der Waals surface area (Å²) in [5, 5.41) is 3.03. The van der Waals surface area contributed by atoms with Crippen LogP contribution in [0.1, 0.15) is 31.9 Å². The summed E-state index contributed by atoms with van der Waals surface area (Å²) in [4.78, 5) is 30.1. The number of sulfonamides is 1. The van der Waals surface area contributed by atoms with Crippen molar-refractivity contribution in [1.82, 2.24) is 10.2 Å². The molecule has 1 unspecified atom stereocenters. The summed E-state index contributed by atoms with van der Waals surface area (Å²) in [7, 11) is -1.18. The predicted octanol–water partition coefficient (Wildman–Crippen LogP) is 5.45. The second-order valence-corrected chi connectivity index (χ2v) is 13.7. The highest BCUT2D eigenvalue weighted by molar-refractivity contribution is 7.92. The third-order valence-electron chi connectivity index (χ3n) is 7.21. The maximum atomic E-state index is 14.6. The van der Waals surface area contributed by atoms with Crippen molar-refractivity contribution in [3.05, 3.63) is 120 Å². The molecule has 0 aliphatic heterocycles. The monoisotopic (exact) mass is 643 g/mol. The predicted molar refractivity (Wildman–Crippen MR) is 179 cm³/mol. The molecular formula is C36H41N3O6S. The van der Waals surface area contributed by atoms with E-state index in [9.17, 15) is 18.0 Å². The smallest absolute Gasteiger partial charge is 0.264 e. The van der Waals surface area contributed by atoms with Crippen LogP contribution in [0.2, 0.25) is 0 Å². The van der Waals surface area contributed by atoms with Gasteiger partial charge < -0.3 is 19.7 Å². The first-order valence-corrected chi connectivity index (χ1v) is 16.4. The van der Waals surface area contributed by atoms with Crippen LogP contribution in [0.3, 0.4) is 0 Å². The number of carbonyl (C=O) groups is 2. The van der Waals surface area contributed by atoms with E-state index in [0.717, 1.165) is 9.87 Å². The van der Waals surface area contributed by atoms with E-state index >= 15 is 0 Å². The number of benzene rings is 4. The summed E-state index contributed by atoms with van der Waals surface area (Å²) >= 11 is 0. The van der Waals surface area contributed by atoms with E-state index in [0.29, 0.717) is 17.1 Å². The zero-order valence-electron chi connectivity index (χ0n) is 26.8. The number of nitrogens with one attached hydrogen (secondary N) is 1. The van der Waals surface area contributed by atoms with Crippen LogP contribution in [-0.2, 0) is 32.6 Å². The third kappa shape index (κ3) is 8.88. The number of nitrogens with zero attached hydrogens (tertiary/aromatic N) is 2. The van der Waals surface area contributed by atoms with E-state index in [2.05, 4.69) is 5.32 Å². The Bertz CT molecular complexity index is 1720. The Kier molecular flexibility index (Phi) is 11.1. The molecule has 0 saturated heterocycles. The van der Waals surface area contributed by atoms with Gasteiger partial charge in [0.05, 0.1) is 24.8 Å². The molecule has 46 heavy (non-hydrogen) atoms. The van der Waals surface area contributed by atoms with Crippen molar-refractivity contribution < 1.29 is 27.5 Å². The van der Waals surface area contributed by atoms with Gasteiger partial charge in [0.2, 0.25) is 11.8 Å². The van der Waals surface area contributed by atoms with Crippen LogP contribution in [0.15, 0.2) is 114 Å². The molecular weight excluding hydrogens is 602 g/mol. The average Bonchev–Trinajstić information content (AvgIpc) is 3.05. The fourth-order valence-corrected chi connectivity index (χ4v) is 6.42. The minimum absolute atomic E-state index is 0.0243. The maximum absolute atomic E-state index is 14.6. The molecule has 242 valence electrons. The molecule has 0 spiro atoms. The first-order chi connectivity index (χ1) is 21.9. The molecule has 4 rings (SSSR count). The van der Waals surface area contributed by atoms with Crippen LogP contribution >= 0.6 is 0 Å². The minimum Gasteiger partial charge on any atom is -0.497 e. The van der Waals surface area contributed by atoms with Crippen LogP contribution in [0.4, 0.5) is 5.69 Å². The van der Waals surface area contributed by atoms with Gasteiger partial charge in [0.1, 0.15) is 24.1 Å². The molecule has 4 aromatic rings. The van der Waals surface area contributed by atoms with E-state index in [4.69, 9.17) is 9.47 Å². The number of amides is 2. The SMILES string of the molecule is COc1cccc(CN(C(=O)CN(c2cccc(OC)c2)S(=O)(=O)c2ccccc2)C(Cc2ccccc2)C(=O)NC(C)(C)C)c1. The molecule has 1 atom stereocenters. The van der Waals surface area contributed by atoms with Gasteiger partial charge in [0.15, 0.2) is 0 Å². The molecule has 0 aliphatic carbocycles. The average molecular weight is 644 g/mol. The van der Waals surface area contributed by atoms with Crippen LogP contribution in [0, 0.1) is 0 Å². The number of hydrogen-bond donors (Lipinski definition) is 1. The van der Waals surface area contributed by atoms with Crippen LogP contribution < -0.4 is 19.1 Å². The summed E-state index contributed by atoms with van der Waals surface area (Å²) in [6, 6.07) is 30.2. The summed E-state index contributed by atoms with van der Waals surface area (Å²) in [6.07, 6.45) is 0.211. The van der Waals surface area contributed by atoms with E-state index in [-0.39, 0.29) is 29.5 Å². The maximum Gasteiger partial charge on any atom is 0.264 e. The summed E-state index contributed by atoms with van der Waals surface area (Å²) in [6.45, 7) is 5.08. The van der Waals surface area contributed by atoms with E-state index < -0.39 is 34.1 Å². The number of anilines is 1. The fourth-order valence-electron chi connectivity index (χ4n) is 4.99. The lowest BCUT2D eigenvalue weighted by molar-refractivity contribution is -0.140. The molecule has 2 amide bonds. The van der Waals surface area contributed by atoms with Crippen molar-refractivity contribution in [3.63, 3.8) is 0 Å². The number of rotatable bonds is 13. The van der Waals surface area contributed by atoms with Gasteiger partial charge in [0.25, 0.3) is 10.0 Å². The number of hydrogen-bond acceptors (Lipinski definition) is 6. The molecule has 0 heterocycles. The van der Waals surface area contributed by atoms with Crippen LogP contribution in [-0.4, -0.2) is 57.5 Å². The Labute approximate surface area is 271 Å². The van der Waals surface area contributed by atoms with Crippen LogP contribution in [0.5, 0.6) is 11.5 Å². The molecule has 0 bridgehead atoms. The third-order valence-corrected chi connectivity index (χ3v) is 9.00. The van der Waals surface area contributed by atoms with Gasteiger partial charge in [-0.25, -0.2) is 8.42 Å². The molecule has 0 radical (unpaired) electrons. The van der Waals surface area contributed by atoms with Gasteiger partial charge in [-0.2, -0.15) is 0 Å².